The first-order valence-corrected chi connectivity index (χ1v) is 13.9. The summed E-state index contributed by atoms with van der Waals surface area (Å²) in [6.07, 6.45) is 7.58. The first-order chi connectivity index (χ1) is 15.9. The van der Waals surface area contributed by atoms with E-state index >= 15 is 0 Å². The largest absolute Gasteiger partial charge is 0.494 e. The van der Waals surface area contributed by atoms with Crippen molar-refractivity contribution < 1.29 is 17.9 Å². The molecule has 2 aliphatic rings. The standard InChI is InChI=1S/C26H34N2O4S/c1-33(30,31)25-11-8-21-12-17-28(18-13-23(21)20-25)26(29)22-6-9-24(10-7-22)32-19-5-16-27-14-3-2-4-15-27/h6-11,20H,2-5,12-19H2,1H3. The van der Waals surface area contributed by atoms with Crippen molar-refractivity contribution in [1.29, 1.82) is 0 Å². The second-order valence-electron chi connectivity index (χ2n) is 9.12. The minimum Gasteiger partial charge on any atom is -0.494 e. The van der Waals surface area contributed by atoms with Crippen molar-refractivity contribution in [2.24, 2.45) is 0 Å². The number of hydrogen-bond acceptors (Lipinski definition) is 5. The number of benzene rings is 2. The van der Waals surface area contributed by atoms with Gasteiger partial charge in [-0.25, -0.2) is 8.42 Å². The first-order valence-electron chi connectivity index (χ1n) is 12.0. The van der Waals surface area contributed by atoms with Gasteiger partial charge >= 0.3 is 0 Å². The van der Waals surface area contributed by atoms with Crippen LogP contribution in [0.25, 0.3) is 0 Å². The molecule has 0 radical (unpaired) electrons. The number of nitrogens with zero attached hydrogens (tertiary/aromatic N) is 2. The highest BCUT2D eigenvalue weighted by Gasteiger charge is 2.21. The molecule has 6 nitrogen and oxygen atoms in total. The normalized spacial score (nSPS) is 17.3. The summed E-state index contributed by atoms with van der Waals surface area (Å²) in [6.45, 7) is 5.38. The highest BCUT2D eigenvalue weighted by Crippen LogP contribution is 2.22. The Hall–Kier alpha value is -2.38. The van der Waals surface area contributed by atoms with Crippen LogP contribution >= 0.6 is 0 Å². The molecule has 0 aliphatic carbocycles. The number of likely N-dealkylation sites (tertiary alicyclic amines) is 1. The predicted molar refractivity (Wildman–Crippen MR) is 130 cm³/mol. The molecular weight excluding hydrogens is 436 g/mol. The molecule has 0 unspecified atom stereocenters. The van der Waals surface area contributed by atoms with Crippen LogP contribution in [-0.2, 0) is 22.7 Å². The highest BCUT2D eigenvalue weighted by molar-refractivity contribution is 7.90. The van der Waals surface area contributed by atoms with E-state index in [2.05, 4.69) is 4.90 Å². The van der Waals surface area contributed by atoms with Crippen molar-refractivity contribution >= 4 is 15.7 Å². The molecule has 0 bridgehead atoms. The molecule has 2 aromatic rings. The van der Waals surface area contributed by atoms with Gasteiger partial charge in [-0.3, -0.25) is 4.79 Å². The third-order valence-corrected chi connectivity index (χ3v) is 7.74. The second-order valence-corrected chi connectivity index (χ2v) is 11.1. The second kappa shape index (κ2) is 10.7. The van der Waals surface area contributed by atoms with Gasteiger partial charge in [-0.1, -0.05) is 12.5 Å². The summed E-state index contributed by atoms with van der Waals surface area (Å²) in [6, 6.07) is 12.7. The lowest BCUT2D eigenvalue weighted by Crippen LogP contribution is -2.33. The smallest absolute Gasteiger partial charge is 0.253 e. The molecule has 0 spiro atoms. The molecular formula is C26H34N2O4S. The van der Waals surface area contributed by atoms with Crippen molar-refractivity contribution in [2.75, 3.05) is 45.6 Å². The van der Waals surface area contributed by atoms with Crippen LogP contribution in [0.15, 0.2) is 47.4 Å². The molecule has 178 valence electrons. The summed E-state index contributed by atoms with van der Waals surface area (Å²) >= 11 is 0. The predicted octanol–water partition coefficient (Wildman–Crippen LogP) is 3.59. The Morgan fingerprint density at radius 3 is 2.30 bits per heavy atom. The van der Waals surface area contributed by atoms with Crippen LogP contribution in [0.4, 0.5) is 0 Å². The fourth-order valence-corrected chi connectivity index (χ4v) is 5.34. The van der Waals surface area contributed by atoms with Crippen LogP contribution in [-0.4, -0.2) is 69.7 Å². The van der Waals surface area contributed by atoms with Crippen LogP contribution in [0.1, 0.15) is 47.2 Å². The lowest BCUT2D eigenvalue weighted by Gasteiger charge is -2.26. The van der Waals surface area contributed by atoms with E-state index in [9.17, 15) is 13.2 Å². The van der Waals surface area contributed by atoms with Crippen LogP contribution in [0.2, 0.25) is 0 Å². The Labute approximate surface area is 197 Å². The average Bonchev–Trinajstić information content (AvgIpc) is 3.04. The summed E-state index contributed by atoms with van der Waals surface area (Å²) < 4.78 is 29.6. The van der Waals surface area contributed by atoms with Gasteiger partial charge in [0.15, 0.2) is 9.84 Å². The Balaban J connectivity index is 1.29. The van der Waals surface area contributed by atoms with E-state index < -0.39 is 9.84 Å². The molecule has 1 fully saturated rings. The van der Waals surface area contributed by atoms with E-state index in [1.165, 1.54) is 38.6 Å². The van der Waals surface area contributed by atoms with Gasteiger partial charge in [0.25, 0.3) is 5.91 Å². The van der Waals surface area contributed by atoms with Crippen LogP contribution in [0, 0.1) is 0 Å². The fraction of sp³-hybridized carbons (Fsp3) is 0.500. The zero-order valence-electron chi connectivity index (χ0n) is 19.5. The van der Waals surface area contributed by atoms with Crippen molar-refractivity contribution in [3.05, 3.63) is 59.2 Å². The van der Waals surface area contributed by atoms with E-state index in [1.807, 2.05) is 35.2 Å². The number of carbonyl (C=O) groups is 1. The van der Waals surface area contributed by atoms with Crippen molar-refractivity contribution in [3.63, 3.8) is 0 Å². The van der Waals surface area contributed by atoms with Gasteiger partial charge in [-0.2, -0.15) is 0 Å². The molecule has 2 aromatic carbocycles. The molecule has 0 aromatic heterocycles. The van der Waals surface area contributed by atoms with Gasteiger partial charge < -0.3 is 14.5 Å². The quantitative estimate of drug-likeness (QED) is 0.579. The Morgan fingerprint density at radius 1 is 0.909 bits per heavy atom. The molecule has 4 rings (SSSR count). The average molecular weight is 471 g/mol. The maximum Gasteiger partial charge on any atom is 0.253 e. The molecule has 1 amide bonds. The maximum atomic E-state index is 13.1. The van der Waals surface area contributed by atoms with Gasteiger partial charge in [0.2, 0.25) is 0 Å². The molecule has 0 atom stereocenters. The third-order valence-electron chi connectivity index (χ3n) is 6.63. The number of sulfone groups is 1. The minimum absolute atomic E-state index is 0.00258. The molecule has 2 aliphatic heterocycles. The van der Waals surface area contributed by atoms with Gasteiger partial charge in [-0.15, -0.1) is 0 Å². The van der Waals surface area contributed by atoms with E-state index in [0.29, 0.717) is 36.6 Å². The highest BCUT2D eigenvalue weighted by atomic mass is 32.2. The van der Waals surface area contributed by atoms with Crippen LogP contribution in [0.3, 0.4) is 0 Å². The topological polar surface area (TPSA) is 66.9 Å². The minimum atomic E-state index is -3.23. The fourth-order valence-electron chi connectivity index (χ4n) is 4.67. The summed E-state index contributed by atoms with van der Waals surface area (Å²) in [5, 5.41) is 0. The van der Waals surface area contributed by atoms with Crippen LogP contribution in [0.5, 0.6) is 5.75 Å². The van der Waals surface area contributed by atoms with E-state index in [-0.39, 0.29) is 5.91 Å². The summed E-state index contributed by atoms with van der Waals surface area (Å²) in [4.78, 5) is 17.8. The van der Waals surface area contributed by atoms with Crippen molar-refractivity contribution in [3.8, 4) is 5.75 Å². The molecule has 2 heterocycles. The maximum absolute atomic E-state index is 13.1. The molecule has 33 heavy (non-hydrogen) atoms. The van der Waals surface area contributed by atoms with Crippen molar-refractivity contribution in [1.82, 2.24) is 9.80 Å². The van der Waals surface area contributed by atoms with Crippen molar-refractivity contribution in [2.45, 2.75) is 43.4 Å². The van der Waals surface area contributed by atoms with E-state index in [1.54, 1.807) is 12.1 Å². The summed E-state index contributed by atoms with van der Waals surface area (Å²) in [7, 11) is -3.23. The SMILES string of the molecule is CS(=O)(=O)c1ccc2c(c1)CCN(C(=O)c1ccc(OCCCN3CCCCC3)cc1)CC2. The zero-order valence-corrected chi connectivity index (χ0v) is 20.3. The number of carbonyl (C=O) groups excluding carboxylic acids is 1. The van der Waals surface area contributed by atoms with Gasteiger partial charge in [0.05, 0.1) is 11.5 Å². The number of fused-ring (bicyclic) bond motifs is 1. The number of ether oxygens (including phenoxy) is 1. The molecule has 0 N–H and O–H groups in total. The summed E-state index contributed by atoms with van der Waals surface area (Å²) in [5.41, 5.74) is 2.78. The van der Waals surface area contributed by atoms with Crippen LogP contribution < -0.4 is 4.74 Å². The number of hydrogen-bond donors (Lipinski definition) is 0. The third kappa shape index (κ3) is 6.36. The van der Waals surface area contributed by atoms with Gasteiger partial charge in [-0.05, 0) is 92.7 Å². The lowest BCUT2D eigenvalue weighted by molar-refractivity contribution is 0.0763. The lowest BCUT2D eigenvalue weighted by atomic mass is 10.0. The first kappa shape index (κ1) is 23.8. The monoisotopic (exact) mass is 470 g/mol. The van der Waals surface area contributed by atoms with Gasteiger partial charge in [0, 0.05) is 31.5 Å². The molecule has 7 heteroatoms. The molecule has 1 saturated heterocycles. The number of rotatable bonds is 7. The Morgan fingerprint density at radius 2 is 1.61 bits per heavy atom. The Bertz CT molecular complexity index is 1060. The van der Waals surface area contributed by atoms with E-state index in [4.69, 9.17) is 4.74 Å². The zero-order chi connectivity index (χ0) is 23.3. The Kier molecular flexibility index (Phi) is 7.71. The number of amides is 1. The van der Waals surface area contributed by atoms with E-state index in [0.717, 1.165) is 36.3 Å². The molecule has 0 saturated carbocycles. The summed E-state index contributed by atoms with van der Waals surface area (Å²) in [5.74, 6) is 0.796. The van der Waals surface area contributed by atoms with Gasteiger partial charge in [0.1, 0.15) is 5.75 Å². The number of piperidine rings is 1.